The minimum absolute atomic E-state index is 0.175. The first-order chi connectivity index (χ1) is 7.57. The van der Waals surface area contributed by atoms with E-state index in [2.05, 4.69) is 29.5 Å². The van der Waals surface area contributed by atoms with Gasteiger partial charge in [-0.2, -0.15) is 0 Å². The lowest BCUT2D eigenvalue weighted by Crippen LogP contribution is -2.33. The Hall–Kier alpha value is -1.29. The predicted molar refractivity (Wildman–Crippen MR) is 68.0 cm³/mol. The number of pyridine rings is 1. The van der Waals surface area contributed by atoms with Gasteiger partial charge in [0.2, 0.25) is 0 Å². The Bertz CT molecular complexity index is 326. The van der Waals surface area contributed by atoms with Crippen LogP contribution in [0.25, 0.3) is 0 Å². The van der Waals surface area contributed by atoms with Crippen LogP contribution in [0.1, 0.15) is 20.8 Å². The monoisotopic (exact) mass is 223 g/mol. The van der Waals surface area contributed by atoms with Crippen LogP contribution in [0.3, 0.4) is 0 Å². The van der Waals surface area contributed by atoms with Crippen molar-refractivity contribution in [3.63, 3.8) is 0 Å². The minimum Gasteiger partial charge on any atom is -0.374 e. The normalized spacial score (nSPS) is 11.2. The molecule has 0 aliphatic heterocycles. The molecule has 0 bridgehead atoms. The van der Waals surface area contributed by atoms with Crippen LogP contribution >= 0.6 is 0 Å². The van der Waals surface area contributed by atoms with E-state index in [1.54, 1.807) is 0 Å². The van der Waals surface area contributed by atoms with Gasteiger partial charge in [0.25, 0.3) is 0 Å². The molecule has 1 heterocycles. The van der Waals surface area contributed by atoms with Gasteiger partial charge in [-0.3, -0.25) is 0 Å². The molecule has 0 aliphatic rings. The Morgan fingerprint density at radius 1 is 1.31 bits per heavy atom. The van der Waals surface area contributed by atoms with Gasteiger partial charge in [0.05, 0.1) is 5.60 Å². The van der Waals surface area contributed by atoms with Gasteiger partial charge in [-0.1, -0.05) is 6.07 Å². The summed E-state index contributed by atoms with van der Waals surface area (Å²) in [6, 6.07) is 5.84. The fraction of sp³-hybridized carbons (Fsp3) is 0.583. The molecular weight excluding hydrogens is 202 g/mol. The second-order valence-electron chi connectivity index (χ2n) is 4.20. The number of hydrogen-bond acceptors (Lipinski definition) is 4. The zero-order valence-corrected chi connectivity index (χ0v) is 10.5. The molecule has 0 spiro atoms. The molecule has 2 N–H and O–H groups in total. The van der Waals surface area contributed by atoms with Crippen LogP contribution in [0.2, 0.25) is 0 Å². The van der Waals surface area contributed by atoms with Gasteiger partial charge in [-0.05, 0) is 32.9 Å². The van der Waals surface area contributed by atoms with E-state index in [9.17, 15) is 0 Å². The highest BCUT2D eigenvalue weighted by Crippen LogP contribution is 2.12. The zero-order valence-electron chi connectivity index (χ0n) is 10.5. The van der Waals surface area contributed by atoms with E-state index in [1.807, 2.05) is 32.2 Å². The van der Waals surface area contributed by atoms with Crippen LogP contribution in [-0.4, -0.2) is 30.8 Å². The predicted octanol–water partition coefficient (Wildman–Crippen LogP) is 2.35. The smallest absolute Gasteiger partial charge is 0.128 e. The molecule has 90 valence electrons. The third-order valence-electron chi connectivity index (χ3n) is 2.24. The van der Waals surface area contributed by atoms with Crippen LogP contribution in [0.5, 0.6) is 0 Å². The van der Waals surface area contributed by atoms with Gasteiger partial charge in [-0.15, -0.1) is 0 Å². The Balaban J connectivity index is 2.53. The van der Waals surface area contributed by atoms with Crippen molar-refractivity contribution >= 4 is 11.6 Å². The van der Waals surface area contributed by atoms with E-state index in [0.29, 0.717) is 0 Å². The number of rotatable bonds is 6. The standard InChI is InChI=1S/C12H21N3O/c1-5-16-12(2,3)9-14-11-8-6-7-10(13-4)15-11/h6-8H,5,9H2,1-4H3,(H2,13,14,15). The molecule has 16 heavy (non-hydrogen) atoms. The lowest BCUT2D eigenvalue weighted by atomic mass is 10.1. The molecule has 4 nitrogen and oxygen atoms in total. The highest BCUT2D eigenvalue weighted by atomic mass is 16.5. The van der Waals surface area contributed by atoms with E-state index in [0.717, 1.165) is 24.8 Å². The molecule has 0 saturated heterocycles. The van der Waals surface area contributed by atoms with E-state index in [1.165, 1.54) is 0 Å². The largest absolute Gasteiger partial charge is 0.374 e. The maximum atomic E-state index is 5.60. The Morgan fingerprint density at radius 2 is 2.00 bits per heavy atom. The summed E-state index contributed by atoms with van der Waals surface area (Å²) >= 11 is 0. The molecule has 0 amide bonds. The first kappa shape index (κ1) is 12.8. The average Bonchev–Trinajstić information content (AvgIpc) is 2.27. The molecule has 4 heteroatoms. The van der Waals surface area contributed by atoms with Crippen molar-refractivity contribution in [3.05, 3.63) is 18.2 Å². The summed E-state index contributed by atoms with van der Waals surface area (Å²) in [4.78, 5) is 4.38. The molecule has 1 aromatic rings. The summed E-state index contributed by atoms with van der Waals surface area (Å²) in [6.45, 7) is 7.58. The average molecular weight is 223 g/mol. The van der Waals surface area contributed by atoms with Crippen molar-refractivity contribution < 1.29 is 4.74 Å². The highest BCUT2D eigenvalue weighted by molar-refractivity contribution is 5.44. The van der Waals surface area contributed by atoms with Crippen LogP contribution in [0.4, 0.5) is 11.6 Å². The quantitative estimate of drug-likeness (QED) is 0.777. The fourth-order valence-electron chi connectivity index (χ4n) is 1.42. The van der Waals surface area contributed by atoms with Crippen molar-refractivity contribution in [1.29, 1.82) is 0 Å². The van der Waals surface area contributed by atoms with Gasteiger partial charge in [0, 0.05) is 20.2 Å². The minimum atomic E-state index is -0.175. The number of nitrogens with one attached hydrogen (secondary N) is 2. The van der Waals surface area contributed by atoms with Gasteiger partial charge < -0.3 is 15.4 Å². The van der Waals surface area contributed by atoms with E-state index >= 15 is 0 Å². The Labute approximate surface area is 97.4 Å². The summed E-state index contributed by atoms with van der Waals surface area (Å²) in [6.07, 6.45) is 0. The molecule has 1 rings (SSSR count). The summed E-state index contributed by atoms with van der Waals surface area (Å²) in [5, 5.41) is 6.28. The number of aromatic nitrogens is 1. The summed E-state index contributed by atoms with van der Waals surface area (Å²) in [5.41, 5.74) is -0.175. The van der Waals surface area contributed by atoms with Crippen molar-refractivity contribution in [3.8, 4) is 0 Å². The van der Waals surface area contributed by atoms with Crippen LogP contribution in [-0.2, 0) is 4.74 Å². The Kier molecular flexibility index (Phi) is 4.55. The number of hydrogen-bond donors (Lipinski definition) is 2. The molecule has 0 atom stereocenters. The fourth-order valence-corrected chi connectivity index (χ4v) is 1.42. The molecule has 0 aliphatic carbocycles. The lowest BCUT2D eigenvalue weighted by Gasteiger charge is -2.25. The summed E-state index contributed by atoms with van der Waals surface area (Å²) in [5.74, 6) is 1.72. The first-order valence-corrected chi connectivity index (χ1v) is 5.60. The first-order valence-electron chi connectivity index (χ1n) is 5.60. The van der Waals surface area contributed by atoms with Gasteiger partial charge in [0.1, 0.15) is 11.6 Å². The maximum absolute atomic E-state index is 5.60. The van der Waals surface area contributed by atoms with Gasteiger partial charge >= 0.3 is 0 Å². The van der Waals surface area contributed by atoms with Crippen molar-refractivity contribution in [2.24, 2.45) is 0 Å². The molecule has 0 fully saturated rings. The summed E-state index contributed by atoms with van der Waals surface area (Å²) in [7, 11) is 1.86. The van der Waals surface area contributed by atoms with E-state index in [-0.39, 0.29) is 5.60 Å². The van der Waals surface area contributed by atoms with Crippen molar-refractivity contribution in [2.45, 2.75) is 26.4 Å². The third-order valence-corrected chi connectivity index (χ3v) is 2.24. The van der Waals surface area contributed by atoms with Crippen LogP contribution in [0.15, 0.2) is 18.2 Å². The third kappa shape index (κ3) is 4.06. The van der Waals surface area contributed by atoms with Gasteiger partial charge in [-0.25, -0.2) is 4.98 Å². The zero-order chi connectivity index (χ0) is 12.0. The second-order valence-corrected chi connectivity index (χ2v) is 4.20. The van der Waals surface area contributed by atoms with Crippen LogP contribution < -0.4 is 10.6 Å². The molecule has 0 unspecified atom stereocenters. The number of nitrogens with zero attached hydrogens (tertiary/aromatic N) is 1. The van der Waals surface area contributed by atoms with Crippen molar-refractivity contribution in [1.82, 2.24) is 4.98 Å². The van der Waals surface area contributed by atoms with Gasteiger partial charge in [0.15, 0.2) is 0 Å². The van der Waals surface area contributed by atoms with Crippen molar-refractivity contribution in [2.75, 3.05) is 30.8 Å². The molecule has 0 saturated carbocycles. The van der Waals surface area contributed by atoms with E-state index in [4.69, 9.17) is 4.74 Å². The lowest BCUT2D eigenvalue weighted by molar-refractivity contribution is 0.000644. The molecule has 0 radical (unpaired) electrons. The Morgan fingerprint density at radius 3 is 2.62 bits per heavy atom. The molecule has 0 aromatic carbocycles. The van der Waals surface area contributed by atoms with E-state index < -0.39 is 0 Å². The number of anilines is 2. The second kappa shape index (κ2) is 5.70. The molecular formula is C12H21N3O. The number of ether oxygens (including phenoxy) is 1. The summed E-state index contributed by atoms with van der Waals surface area (Å²) < 4.78 is 5.60. The van der Waals surface area contributed by atoms with Crippen LogP contribution in [0, 0.1) is 0 Å². The SMILES string of the molecule is CCOC(C)(C)CNc1cccc(NC)n1. The molecule has 1 aromatic heterocycles. The topological polar surface area (TPSA) is 46.2 Å². The maximum Gasteiger partial charge on any atom is 0.128 e. The highest BCUT2D eigenvalue weighted by Gasteiger charge is 2.17.